The number of benzene rings is 1. The number of H-pyrrole nitrogens is 1. The number of piperidine rings is 1. The van der Waals surface area contributed by atoms with E-state index in [-0.39, 0.29) is 11.5 Å². The average Bonchev–Trinajstić information content (AvgIpc) is 2.98. The second kappa shape index (κ2) is 6.99. The third-order valence-corrected chi connectivity index (χ3v) is 7.27. The predicted molar refractivity (Wildman–Crippen MR) is 119 cm³/mol. The van der Waals surface area contributed by atoms with Crippen molar-refractivity contribution in [1.29, 1.82) is 5.26 Å². The first-order valence-corrected chi connectivity index (χ1v) is 10.9. The van der Waals surface area contributed by atoms with Crippen LogP contribution in [0, 0.1) is 11.3 Å². The Bertz CT molecular complexity index is 1190. The minimum Gasteiger partial charge on any atom is -0.359 e. The van der Waals surface area contributed by atoms with Crippen molar-refractivity contribution in [1.82, 2.24) is 9.97 Å². The Kier molecular flexibility index (Phi) is 4.48. The first kappa shape index (κ1) is 19.9. The van der Waals surface area contributed by atoms with Gasteiger partial charge < -0.3 is 14.7 Å². The minimum absolute atomic E-state index is 0.0293. The monoisotopic (exact) mass is 438 g/mol. The summed E-state index contributed by atoms with van der Waals surface area (Å²) in [6, 6.07) is 5.55. The Labute approximate surface area is 185 Å². The smallest absolute Gasteiger partial charge is 0.257 e. The van der Waals surface area contributed by atoms with E-state index in [1.807, 2.05) is 16.8 Å². The summed E-state index contributed by atoms with van der Waals surface area (Å²) in [6.07, 6.45) is 2.76. The predicted octanol–water partition coefficient (Wildman–Crippen LogP) is 2.19. The minimum atomic E-state index is -0.754. The van der Waals surface area contributed by atoms with Crippen LogP contribution in [0.25, 0.3) is 0 Å². The highest BCUT2D eigenvalue weighted by atomic mass is 35.5. The lowest BCUT2D eigenvalue weighted by Gasteiger charge is -2.39. The number of hydrogen-bond donors (Lipinski definition) is 1. The summed E-state index contributed by atoms with van der Waals surface area (Å²) in [5, 5.41) is 10.0. The van der Waals surface area contributed by atoms with Gasteiger partial charge in [0.2, 0.25) is 11.9 Å². The molecule has 3 aliphatic heterocycles. The molecular weight excluding hydrogens is 416 g/mol. The van der Waals surface area contributed by atoms with Crippen molar-refractivity contribution in [3.63, 3.8) is 0 Å². The SMILES string of the molecule is CN1CCCc2c1nc(N1CCC3(CC1)C(=O)N(C)c1c(C#N)ccc(Cl)c13)[nH]c2=O. The molecule has 1 fully saturated rings. The number of nitrogens with zero attached hydrogens (tertiary/aromatic N) is 5. The summed E-state index contributed by atoms with van der Waals surface area (Å²) in [7, 11) is 3.66. The molecule has 5 rings (SSSR count). The van der Waals surface area contributed by atoms with Crippen LogP contribution in [-0.2, 0) is 16.6 Å². The highest BCUT2D eigenvalue weighted by Gasteiger charge is 2.53. The molecule has 0 aliphatic carbocycles. The van der Waals surface area contributed by atoms with Gasteiger partial charge in [-0.15, -0.1) is 0 Å². The molecule has 2 aromatic rings. The molecule has 1 saturated heterocycles. The van der Waals surface area contributed by atoms with E-state index in [4.69, 9.17) is 16.6 Å². The van der Waals surface area contributed by atoms with Gasteiger partial charge in [0.25, 0.3) is 5.56 Å². The Balaban J connectivity index is 1.49. The highest BCUT2D eigenvalue weighted by Crippen LogP contribution is 2.51. The molecule has 1 amide bonds. The van der Waals surface area contributed by atoms with Gasteiger partial charge in [-0.3, -0.25) is 14.6 Å². The number of nitriles is 1. The lowest BCUT2D eigenvalue weighted by Crippen LogP contribution is -2.49. The molecule has 1 aromatic heterocycles. The van der Waals surface area contributed by atoms with E-state index in [0.29, 0.717) is 48.2 Å². The number of aromatic amines is 1. The van der Waals surface area contributed by atoms with E-state index in [2.05, 4.69) is 11.1 Å². The molecule has 9 heteroatoms. The normalized spacial score (nSPS) is 19.4. The number of hydrogen-bond acceptors (Lipinski definition) is 6. The molecule has 3 aliphatic rings. The van der Waals surface area contributed by atoms with Crippen LogP contribution in [-0.4, -0.2) is 49.6 Å². The van der Waals surface area contributed by atoms with Crippen molar-refractivity contribution < 1.29 is 4.79 Å². The lowest BCUT2D eigenvalue weighted by molar-refractivity contribution is -0.123. The Morgan fingerprint density at radius 1 is 1.19 bits per heavy atom. The average molecular weight is 439 g/mol. The maximum atomic E-state index is 13.4. The summed E-state index contributed by atoms with van der Waals surface area (Å²) in [5.41, 5.74) is 1.73. The third kappa shape index (κ3) is 2.76. The van der Waals surface area contributed by atoms with Crippen molar-refractivity contribution >= 4 is 35.0 Å². The fourth-order valence-corrected chi connectivity index (χ4v) is 5.65. The zero-order valence-corrected chi connectivity index (χ0v) is 18.3. The van der Waals surface area contributed by atoms with Gasteiger partial charge in [-0.2, -0.15) is 10.2 Å². The van der Waals surface area contributed by atoms with E-state index in [1.54, 1.807) is 24.1 Å². The van der Waals surface area contributed by atoms with E-state index in [9.17, 15) is 14.9 Å². The second-order valence-corrected chi connectivity index (χ2v) is 8.99. The third-order valence-electron chi connectivity index (χ3n) is 6.96. The first-order chi connectivity index (χ1) is 14.9. The molecule has 4 heterocycles. The molecule has 1 N–H and O–H groups in total. The lowest BCUT2D eigenvalue weighted by atomic mass is 9.73. The van der Waals surface area contributed by atoms with Gasteiger partial charge in [0.05, 0.1) is 22.2 Å². The molecule has 1 spiro atoms. The summed E-state index contributed by atoms with van der Waals surface area (Å²) in [5.74, 6) is 1.26. The zero-order chi connectivity index (χ0) is 21.9. The molecule has 8 nitrogen and oxygen atoms in total. The number of nitrogens with one attached hydrogen (secondary N) is 1. The Morgan fingerprint density at radius 3 is 2.65 bits per heavy atom. The number of carbonyl (C=O) groups excluding carboxylic acids is 1. The van der Waals surface area contributed by atoms with Crippen molar-refractivity contribution in [3.8, 4) is 6.07 Å². The van der Waals surface area contributed by atoms with Gasteiger partial charge in [-0.05, 0) is 37.8 Å². The molecule has 1 aromatic carbocycles. The van der Waals surface area contributed by atoms with Crippen LogP contribution in [0.4, 0.5) is 17.5 Å². The molecule has 0 bridgehead atoms. The second-order valence-electron chi connectivity index (χ2n) is 8.58. The van der Waals surface area contributed by atoms with Gasteiger partial charge in [-0.1, -0.05) is 11.6 Å². The maximum absolute atomic E-state index is 13.4. The number of halogens is 1. The van der Waals surface area contributed by atoms with Crippen molar-refractivity contribution in [2.75, 3.05) is 48.4 Å². The standard InChI is InChI=1S/C22H23ClN6O2/c1-27-9-3-4-14-18(27)25-21(26-19(14)30)29-10-7-22(8-11-29)16-15(23)6-5-13(12-24)17(16)28(2)20(22)31/h5-6H,3-4,7-11H2,1-2H3,(H,25,26,30). The number of carbonyl (C=O) groups is 1. The fourth-order valence-electron chi connectivity index (χ4n) is 5.32. The highest BCUT2D eigenvalue weighted by molar-refractivity contribution is 6.33. The van der Waals surface area contributed by atoms with Crippen LogP contribution in [0.2, 0.25) is 5.02 Å². The van der Waals surface area contributed by atoms with E-state index in [0.717, 1.165) is 36.3 Å². The van der Waals surface area contributed by atoms with Crippen LogP contribution in [0.1, 0.15) is 36.0 Å². The van der Waals surface area contributed by atoms with Gasteiger partial charge in [0.1, 0.15) is 11.9 Å². The summed E-state index contributed by atoms with van der Waals surface area (Å²) < 4.78 is 0. The molecular formula is C22H23ClN6O2. The van der Waals surface area contributed by atoms with Crippen LogP contribution in [0.15, 0.2) is 16.9 Å². The first-order valence-electron chi connectivity index (χ1n) is 10.5. The van der Waals surface area contributed by atoms with Crippen molar-refractivity contribution in [2.45, 2.75) is 31.1 Å². The maximum Gasteiger partial charge on any atom is 0.257 e. The molecule has 0 atom stereocenters. The quantitative estimate of drug-likeness (QED) is 0.733. The van der Waals surface area contributed by atoms with Crippen LogP contribution in [0.3, 0.4) is 0 Å². The van der Waals surface area contributed by atoms with E-state index in [1.165, 1.54) is 0 Å². The number of amides is 1. The Morgan fingerprint density at radius 2 is 1.94 bits per heavy atom. The van der Waals surface area contributed by atoms with Gasteiger partial charge >= 0.3 is 0 Å². The number of anilines is 3. The van der Waals surface area contributed by atoms with Crippen LogP contribution < -0.4 is 20.3 Å². The molecule has 0 saturated carbocycles. The molecule has 31 heavy (non-hydrogen) atoms. The van der Waals surface area contributed by atoms with Gasteiger partial charge in [0, 0.05) is 44.3 Å². The largest absolute Gasteiger partial charge is 0.359 e. The zero-order valence-electron chi connectivity index (χ0n) is 17.5. The number of fused-ring (bicyclic) bond motifs is 3. The van der Waals surface area contributed by atoms with Gasteiger partial charge in [0.15, 0.2) is 0 Å². The number of likely N-dealkylation sites (N-methyl/N-ethyl adjacent to an activating group) is 1. The fraction of sp³-hybridized carbons (Fsp3) is 0.455. The van der Waals surface area contributed by atoms with E-state index >= 15 is 0 Å². The van der Waals surface area contributed by atoms with E-state index < -0.39 is 5.41 Å². The molecule has 0 unspecified atom stereocenters. The van der Waals surface area contributed by atoms with Crippen molar-refractivity contribution in [2.24, 2.45) is 0 Å². The number of aromatic nitrogens is 2. The summed E-state index contributed by atoms with van der Waals surface area (Å²) in [4.78, 5) is 39.3. The van der Waals surface area contributed by atoms with Crippen molar-refractivity contribution in [3.05, 3.63) is 44.2 Å². The van der Waals surface area contributed by atoms with Gasteiger partial charge in [-0.25, -0.2) is 0 Å². The number of rotatable bonds is 1. The van der Waals surface area contributed by atoms with Crippen LogP contribution in [0.5, 0.6) is 0 Å². The molecule has 0 radical (unpaired) electrons. The topological polar surface area (TPSA) is 96.3 Å². The Hall–Kier alpha value is -3.05. The molecule has 160 valence electrons. The summed E-state index contributed by atoms with van der Waals surface area (Å²) in [6.45, 7) is 1.98. The summed E-state index contributed by atoms with van der Waals surface area (Å²) >= 11 is 6.55. The van der Waals surface area contributed by atoms with Crippen LogP contribution >= 0.6 is 11.6 Å².